The zero-order valence-corrected chi connectivity index (χ0v) is 9.17. The van der Waals surface area contributed by atoms with Crippen molar-refractivity contribution in [2.45, 2.75) is 13.5 Å². The normalized spacial score (nSPS) is 10.3. The summed E-state index contributed by atoms with van der Waals surface area (Å²) in [5.74, 6) is 0.929. The first-order valence-corrected chi connectivity index (χ1v) is 5.12. The Morgan fingerprint density at radius 2 is 2.33 bits per heavy atom. The third-order valence-corrected chi connectivity index (χ3v) is 2.29. The van der Waals surface area contributed by atoms with E-state index in [4.69, 9.17) is 11.6 Å². The molecule has 3 nitrogen and oxygen atoms in total. The van der Waals surface area contributed by atoms with Crippen LogP contribution in [0.1, 0.15) is 11.5 Å². The summed E-state index contributed by atoms with van der Waals surface area (Å²) in [7, 11) is 0. The first kappa shape index (κ1) is 10.1. The minimum Gasteiger partial charge on any atom is -0.379 e. The summed E-state index contributed by atoms with van der Waals surface area (Å²) in [5, 5.41) is 3.98. The molecule has 0 aliphatic carbocycles. The van der Waals surface area contributed by atoms with Gasteiger partial charge in [-0.1, -0.05) is 17.7 Å². The Balaban J connectivity index is 1.99. The molecule has 0 radical (unpaired) electrons. The van der Waals surface area contributed by atoms with Gasteiger partial charge in [-0.25, -0.2) is 4.98 Å². The highest BCUT2D eigenvalue weighted by molar-refractivity contribution is 6.30. The third kappa shape index (κ3) is 2.73. The van der Waals surface area contributed by atoms with E-state index in [1.807, 2.05) is 37.4 Å². The summed E-state index contributed by atoms with van der Waals surface area (Å²) in [4.78, 5) is 7.34. The standard InChI is InChI=1S/C11H12ClN3/c1-8-13-6-11(15-8)7-14-10-4-2-3-9(12)5-10/h2-6,14H,7H2,1H3,(H,13,15). The molecular formula is C11H12ClN3. The van der Waals surface area contributed by atoms with Gasteiger partial charge in [0.05, 0.1) is 12.2 Å². The Kier molecular flexibility index (Phi) is 2.92. The van der Waals surface area contributed by atoms with Crippen LogP contribution in [-0.4, -0.2) is 9.97 Å². The number of rotatable bonds is 3. The number of halogens is 1. The summed E-state index contributed by atoms with van der Waals surface area (Å²) < 4.78 is 0. The van der Waals surface area contributed by atoms with Crippen molar-refractivity contribution < 1.29 is 0 Å². The van der Waals surface area contributed by atoms with Gasteiger partial charge in [0.2, 0.25) is 0 Å². The van der Waals surface area contributed by atoms with Crippen molar-refractivity contribution in [1.29, 1.82) is 0 Å². The van der Waals surface area contributed by atoms with Crippen molar-refractivity contribution in [2.75, 3.05) is 5.32 Å². The molecule has 0 saturated heterocycles. The zero-order valence-electron chi connectivity index (χ0n) is 8.42. The van der Waals surface area contributed by atoms with Crippen LogP contribution in [-0.2, 0) is 6.54 Å². The predicted octanol–water partition coefficient (Wildman–Crippen LogP) is 2.98. The Hall–Kier alpha value is -1.48. The number of hydrogen-bond acceptors (Lipinski definition) is 2. The van der Waals surface area contributed by atoms with Crippen molar-refractivity contribution in [1.82, 2.24) is 9.97 Å². The lowest BCUT2D eigenvalue weighted by atomic mass is 10.3. The SMILES string of the molecule is Cc1nc(CNc2cccc(Cl)c2)c[nH]1. The lowest BCUT2D eigenvalue weighted by Gasteiger charge is -2.03. The molecule has 78 valence electrons. The molecule has 0 bridgehead atoms. The van der Waals surface area contributed by atoms with Gasteiger partial charge in [-0.3, -0.25) is 0 Å². The van der Waals surface area contributed by atoms with Crippen LogP contribution in [0.4, 0.5) is 5.69 Å². The average molecular weight is 222 g/mol. The topological polar surface area (TPSA) is 40.7 Å². The lowest BCUT2D eigenvalue weighted by molar-refractivity contribution is 1.05. The molecule has 4 heteroatoms. The smallest absolute Gasteiger partial charge is 0.103 e. The summed E-state index contributed by atoms with van der Waals surface area (Å²) in [6.07, 6.45) is 1.90. The fourth-order valence-corrected chi connectivity index (χ4v) is 1.54. The second-order valence-electron chi connectivity index (χ2n) is 3.34. The van der Waals surface area contributed by atoms with E-state index in [2.05, 4.69) is 15.3 Å². The first-order chi connectivity index (χ1) is 7.24. The highest BCUT2D eigenvalue weighted by atomic mass is 35.5. The average Bonchev–Trinajstić information content (AvgIpc) is 2.62. The van der Waals surface area contributed by atoms with Crippen LogP contribution >= 0.6 is 11.6 Å². The van der Waals surface area contributed by atoms with Gasteiger partial charge in [-0.2, -0.15) is 0 Å². The highest BCUT2D eigenvalue weighted by Gasteiger charge is 1.97. The van der Waals surface area contributed by atoms with Crippen LogP contribution in [0.15, 0.2) is 30.5 Å². The molecule has 0 amide bonds. The van der Waals surface area contributed by atoms with Crippen LogP contribution in [0.2, 0.25) is 5.02 Å². The fourth-order valence-electron chi connectivity index (χ4n) is 1.35. The molecule has 2 N–H and O–H groups in total. The van der Waals surface area contributed by atoms with Crippen molar-refractivity contribution >= 4 is 17.3 Å². The van der Waals surface area contributed by atoms with Gasteiger partial charge >= 0.3 is 0 Å². The molecule has 1 heterocycles. The molecule has 0 unspecified atom stereocenters. The molecule has 1 aromatic heterocycles. The monoisotopic (exact) mass is 221 g/mol. The number of benzene rings is 1. The van der Waals surface area contributed by atoms with E-state index >= 15 is 0 Å². The van der Waals surface area contributed by atoms with Crippen LogP contribution in [0, 0.1) is 6.92 Å². The molecule has 1 aromatic carbocycles. The largest absolute Gasteiger partial charge is 0.379 e. The number of hydrogen-bond donors (Lipinski definition) is 2. The number of H-pyrrole nitrogens is 1. The number of aromatic amines is 1. The number of aryl methyl sites for hydroxylation is 1. The summed E-state index contributed by atoms with van der Waals surface area (Å²) in [6, 6.07) is 7.64. The first-order valence-electron chi connectivity index (χ1n) is 4.74. The van der Waals surface area contributed by atoms with Crippen molar-refractivity contribution in [3.8, 4) is 0 Å². The predicted molar refractivity (Wildman–Crippen MR) is 62.1 cm³/mol. The lowest BCUT2D eigenvalue weighted by Crippen LogP contribution is -1.99. The molecule has 0 aliphatic heterocycles. The third-order valence-electron chi connectivity index (χ3n) is 2.06. The van der Waals surface area contributed by atoms with Gasteiger partial charge in [0, 0.05) is 16.9 Å². The van der Waals surface area contributed by atoms with Gasteiger partial charge in [0.25, 0.3) is 0 Å². The summed E-state index contributed by atoms with van der Waals surface area (Å²) in [5.41, 5.74) is 2.00. The van der Waals surface area contributed by atoms with Gasteiger partial charge in [0.15, 0.2) is 0 Å². The van der Waals surface area contributed by atoms with Gasteiger partial charge < -0.3 is 10.3 Å². The maximum atomic E-state index is 5.87. The minimum atomic E-state index is 0.699. The Bertz CT molecular complexity index is 451. The number of nitrogens with zero attached hydrogens (tertiary/aromatic N) is 1. The summed E-state index contributed by atoms with van der Waals surface area (Å²) >= 11 is 5.87. The fraction of sp³-hybridized carbons (Fsp3) is 0.182. The molecule has 15 heavy (non-hydrogen) atoms. The van der Waals surface area contributed by atoms with Crippen LogP contribution in [0.5, 0.6) is 0 Å². The number of nitrogens with one attached hydrogen (secondary N) is 2. The van der Waals surface area contributed by atoms with Crippen molar-refractivity contribution in [3.05, 3.63) is 47.0 Å². The van der Waals surface area contributed by atoms with Crippen LogP contribution < -0.4 is 5.32 Å². The quantitative estimate of drug-likeness (QED) is 0.837. The van der Waals surface area contributed by atoms with E-state index < -0.39 is 0 Å². The molecule has 0 aliphatic rings. The molecule has 2 aromatic rings. The van der Waals surface area contributed by atoms with Crippen LogP contribution in [0.3, 0.4) is 0 Å². The van der Waals surface area contributed by atoms with E-state index in [9.17, 15) is 0 Å². The maximum Gasteiger partial charge on any atom is 0.103 e. The van der Waals surface area contributed by atoms with E-state index in [0.717, 1.165) is 22.2 Å². The van der Waals surface area contributed by atoms with Crippen molar-refractivity contribution in [2.24, 2.45) is 0 Å². The molecule has 0 fully saturated rings. The zero-order chi connectivity index (χ0) is 10.7. The molecule has 0 spiro atoms. The van der Waals surface area contributed by atoms with Crippen LogP contribution in [0.25, 0.3) is 0 Å². The number of aromatic nitrogens is 2. The van der Waals surface area contributed by atoms with E-state index in [0.29, 0.717) is 6.54 Å². The number of imidazole rings is 1. The maximum absolute atomic E-state index is 5.87. The number of anilines is 1. The second kappa shape index (κ2) is 4.36. The molecule has 0 atom stereocenters. The highest BCUT2D eigenvalue weighted by Crippen LogP contribution is 2.15. The molecule has 0 saturated carbocycles. The Labute approximate surface area is 93.5 Å². The van der Waals surface area contributed by atoms with E-state index in [1.54, 1.807) is 0 Å². The van der Waals surface area contributed by atoms with Gasteiger partial charge in [-0.05, 0) is 25.1 Å². The van der Waals surface area contributed by atoms with Gasteiger partial charge in [-0.15, -0.1) is 0 Å². The van der Waals surface area contributed by atoms with Crippen molar-refractivity contribution in [3.63, 3.8) is 0 Å². The van der Waals surface area contributed by atoms with E-state index in [1.165, 1.54) is 0 Å². The summed E-state index contributed by atoms with van der Waals surface area (Å²) in [6.45, 7) is 2.63. The Morgan fingerprint density at radius 3 is 3.00 bits per heavy atom. The minimum absolute atomic E-state index is 0.699. The van der Waals surface area contributed by atoms with E-state index in [-0.39, 0.29) is 0 Å². The molecule has 2 rings (SSSR count). The van der Waals surface area contributed by atoms with Gasteiger partial charge in [0.1, 0.15) is 5.82 Å². The second-order valence-corrected chi connectivity index (χ2v) is 3.78. The Morgan fingerprint density at radius 1 is 1.47 bits per heavy atom. The molecular weight excluding hydrogens is 210 g/mol.